The van der Waals surface area contributed by atoms with Crippen molar-refractivity contribution in [3.05, 3.63) is 75.8 Å². The normalized spacial score (nSPS) is 18.5. The number of nitrogens with zero attached hydrogens (tertiary/aromatic N) is 3. The Morgan fingerprint density at radius 2 is 1.83 bits per heavy atom. The second-order valence-corrected chi connectivity index (χ2v) is 9.76. The number of rotatable bonds is 6. The Balaban J connectivity index is 1.30. The number of aromatic amines is 1. The quantitative estimate of drug-likeness (QED) is 0.575. The summed E-state index contributed by atoms with van der Waals surface area (Å²) in [6.07, 6.45) is 3.11. The third-order valence-corrected chi connectivity index (χ3v) is 7.27. The predicted octanol–water partition coefficient (Wildman–Crippen LogP) is 3.29. The van der Waals surface area contributed by atoms with Gasteiger partial charge in [-0.15, -0.1) is 0 Å². The summed E-state index contributed by atoms with van der Waals surface area (Å²) in [5.74, 6) is 0.342. The molecule has 0 radical (unpaired) electrons. The van der Waals surface area contributed by atoms with Crippen molar-refractivity contribution in [3.8, 4) is 0 Å². The van der Waals surface area contributed by atoms with Gasteiger partial charge in [-0.2, -0.15) is 0 Å². The van der Waals surface area contributed by atoms with Crippen LogP contribution in [0.25, 0.3) is 10.9 Å². The number of hydrogen-bond donors (Lipinski definition) is 1. The van der Waals surface area contributed by atoms with Crippen molar-refractivity contribution in [3.63, 3.8) is 0 Å². The highest BCUT2D eigenvalue weighted by Gasteiger charge is 2.33. The van der Waals surface area contributed by atoms with Gasteiger partial charge in [-0.3, -0.25) is 14.4 Å². The molecule has 36 heavy (non-hydrogen) atoms. The third kappa shape index (κ3) is 5.18. The standard InChI is InChI=1S/C28H32N4O4/c1-19-7-2-3-9-22(19)28(35)31-14-12-20(13-15-31)27(34)32(17-21-8-6-16-36-21)18-25-29-24-11-5-4-10-23(24)26(33)30-25/h2-5,7,9-11,20-21H,6,8,12-18H2,1H3,(H,29,30,33)/t21-/m1/s1. The molecule has 1 N–H and O–H groups in total. The number of aromatic nitrogens is 2. The summed E-state index contributed by atoms with van der Waals surface area (Å²) < 4.78 is 5.82. The lowest BCUT2D eigenvalue weighted by atomic mass is 9.94. The lowest BCUT2D eigenvalue weighted by Gasteiger charge is -2.35. The summed E-state index contributed by atoms with van der Waals surface area (Å²) in [5, 5.41) is 0.531. The summed E-state index contributed by atoms with van der Waals surface area (Å²) in [4.78, 5) is 50.4. The Labute approximate surface area is 210 Å². The third-order valence-electron chi connectivity index (χ3n) is 7.27. The molecule has 1 atom stereocenters. The lowest BCUT2D eigenvalue weighted by Crippen LogP contribution is -2.46. The van der Waals surface area contributed by atoms with Crippen LogP contribution < -0.4 is 5.56 Å². The molecule has 0 spiro atoms. The van der Waals surface area contributed by atoms with Gasteiger partial charge in [0.05, 0.1) is 23.6 Å². The SMILES string of the molecule is Cc1ccccc1C(=O)N1CCC(C(=O)N(Cc2nc3ccccc3c(=O)[nH]2)C[C@H]2CCCO2)CC1. The fourth-order valence-electron chi connectivity index (χ4n) is 5.23. The number of carbonyl (C=O) groups is 2. The summed E-state index contributed by atoms with van der Waals surface area (Å²) in [7, 11) is 0. The van der Waals surface area contributed by atoms with Gasteiger partial charge < -0.3 is 19.5 Å². The Bertz CT molecular complexity index is 1310. The number of likely N-dealkylation sites (tertiary alicyclic amines) is 1. The van der Waals surface area contributed by atoms with Gasteiger partial charge in [0.2, 0.25) is 5.91 Å². The zero-order chi connectivity index (χ0) is 25.1. The molecule has 8 heteroatoms. The van der Waals surface area contributed by atoms with Gasteiger partial charge in [0.15, 0.2) is 0 Å². The van der Waals surface area contributed by atoms with Gasteiger partial charge >= 0.3 is 0 Å². The molecular weight excluding hydrogens is 456 g/mol. The van der Waals surface area contributed by atoms with Crippen LogP contribution in [0, 0.1) is 12.8 Å². The van der Waals surface area contributed by atoms with Gasteiger partial charge in [-0.25, -0.2) is 4.98 Å². The van der Waals surface area contributed by atoms with E-state index >= 15 is 0 Å². The molecule has 2 amide bonds. The number of benzene rings is 2. The molecule has 0 aliphatic carbocycles. The average molecular weight is 489 g/mol. The number of carbonyl (C=O) groups excluding carboxylic acids is 2. The number of piperidine rings is 1. The van der Waals surface area contributed by atoms with E-state index in [0.29, 0.717) is 61.4 Å². The number of amides is 2. The number of para-hydroxylation sites is 1. The monoisotopic (exact) mass is 488 g/mol. The van der Waals surface area contributed by atoms with Crippen LogP contribution in [-0.2, 0) is 16.1 Å². The van der Waals surface area contributed by atoms with Crippen molar-refractivity contribution in [1.82, 2.24) is 19.8 Å². The van der Waals surface area contributed by atoms with E-state index in [0.717, 1.165) is 18.4 Å². The maximum Gasteiger partial charge on any atom is 0.258 e. The smallest absolute Gasteiger partial charge is 0.258 e. The van der Waals surface area contributed by atoms with E-state index in [1.54, 1.807) is 11.0 Å². The van der Waals surface area contributed by atoms with Gasteiger partial charge in [0.25, 0.3) is 11.5 Å². The van der Waals surface area contributed by atoms with E-state index in [-0.39, 0.29) is 35.9 Å². The first-order valence-electron chi connectivity index (χ1n) is 12.7. The molecule has 0 saturated carbocycles. The molecule has 188 valence electrons. The second-order valence-electron chi connectivity index (χ2n) is 9.76. The van der Waals surface area contributed by atoms with Crippen LogP contribution in [0.5, 0.6) is 0 Å². The summed E-state index contributed by atoms with van der Waals surface area (Å²) >= 11 is 0. The molecule has 3 heterocycles. The minimum Gasteiger partial charge on any atom is -0.376 e. The van der Waals surface area contributed by atoms with Crippen LogP contribution in [-0.4, -0.2) is 63.9 Å². The summed E-state index contributed by atoms with van der Waals surface area (Å²) in [6, 6.07) is 14.8. The zero-order valence-corrected chi connectivity index (χ0v) is 20.6. The molecule has 2 aromatic carbocycles. The van der Waals surface area contributed by atoms with E-state index in [4.69, 9.17) is 4.74 Å². The highest BCUT2D eigenvalue weighted by Crippen LogP contribution is 2.24. The summed E-state index contributed by atoms with van der Waals surface area (Å²) in [6.45, 7) is 4.43. The highest BCUT2D eigenvalue weighted by molar-refractivity contribution is 5.95. The maximum absolute atomic E-state index is 13.7. The molecule has 3 aromatic rings. The fourth-order valence-corrected chi connectivity index (χ4v) is 5.23. The van der Waals surface area contributed by atoms with Crippen LogP contribution in [0.4, 0.5) is 0 Å². The Morgan fingerprint density at radius 1 is 1.08 bits per heavy atom. The Kier molecular flexibility index (Phi) is 7.13. The first kappa shape index (κ1) is 24.2. The maximum atomic E-state index is 13.7. The van der Waals surface area contributed by atoms with Crippen molar-refractivity contribution in [2.24, 2.45) is 5.92 Å². The minimum atomic E-state index is -0.205. The molecule has 2 aliphatic heterocycles. The van der Waals surface area contributed by atoms with Crippen LogP contribution in [0.2, 0.25) is 0 Å². The van der Waals surface area contributed by atoms with E-state index in [1.807, 2.05) is 54.3 Å². The Hall–Kier alpha value is -3.52. The number of nitrogens with one attached hydrogen (secondary N) is 1. The van der Waals surface area contributed by atoms with Crippen molar-refractivity contribution in [2.45, 2.75) is 45.3 Å². The molecule has 0 bridgehead atoms. The molecule has 1 aromatic heterocycles. The minimum absolute atomic E-state index is 0.0103. The van der Waals surface area contributed by atoms with E-state index < -0.39 is 0 Å². The van der Waals surface area contributed by atoms with Crippen molar-refractivity contribution in [1.29, 1.82) is 0 Å². The molecule has 2 saturated heterocycles. The molecule has 5 rings (SSSR count). The van der Waals surface area contributed by atoms with Gasteiger partial charge in [-0.05, 0) is 56.4 Å². The number of fused-ring (bicyclic) bond motifs is 1. The van der Waals surface area contributed by atoms with Crippen molar-refractivity contribution < 1.29 is 14.3 Å². The van der Waals surface area contributed by atoms with Crippen LogP contribution in [0.15, 0.2) is 53.3 Å². The van der Waals surface area contributed by atoms with Crippen molar-refractivity contribution >= 4 is 22.7 Å². The largest absolute Gasteiger partial charge is 0.376 e. The van der Waals surface area contributed by atoms with E-state index in [2.05, 4.69) is 9.97 Å². The molecule has 2 aliphatic rings. The number of ether oxygens (including phenoxy) is 1. The Morgan fingerprint density at radius 3 is 2.58 bits per heavy atom. The van der Waals surface area contributed by atoms with Crippen LogP contribution in [0.1, 0.15) is 47.4 Å². The highest BCUT2D eigenvalue weighted by atomic mass is 16.5. The number of H-pyrrole nitrogens is 1. The number of aryl methyl sites for hydroxylation is 1. The topological polar surface area (TPSA) is 95.6 Å². The van der Waals surface area contributed by atoms with Gasteiger partial charge in [-0.1, -0.05) is 30.3 Å². The van der Waals surface area contributed by atoms with Gasteiger partial charge in [0.1, 0.15) is 5.82 Å². The average Bonchev–Trinajstić information content (AvgIpc) is 3.41. The van der Waals surface area contributed by atoms with E-state index in [1.165, 1.54) is 0 Å². The zero-order valence-electron chi connectivity index (χ0n) is 20.6. The van der Waals surface area contributed by atoms with Gasteiger partial charge in [0, 0.05) is 37.7 Å². The first-order chi connectivity index (χ1) is 17.5. The molecule has 0 unspecified atom stereocenters. The predicted molar refractivity (Wildman–Crippen MR) is 137 cm³/mol. The second kappa shape index (κ2) is 10.6. The van der Waals surface area contributed by atoms with Crippen LogP contribution in [0.3, 0.4) is 0 Å². The lowest BCUT2D eigenvalue weighted by molar-refractivity contribution is -0.139. The fraction of sp³-hybridized carbons (Fsp3) is 0.429. The molecule has 8 nitrogen and oxygen atoms in total. The summed E-state index contributed by atoms with van der Waals surface area (Å²) in [5.41, 5.74) is 2.08. The molecule has 2 fully saturated rings. The van der Waals surface area contributed by atoms with Crippen LogP contribution >= 0.6 is 0 Å². The first-order valence-corrected chi connectivity index (χ1v) is 12.7. The van der Waals surface area contributed by atoms with E-state index in [9.17, 15) is 14.4 Å². The molecular formula is C28H32N4O4. The van der Waals surface area contributed by atoms with Crippen molar-refractivity contribution in [2.75, 3.05) is 26.2 Å². The number of hydrogen-bond acceptors (Lipinski definition) is 5.